The average molecular weight is 463 g/mol. The van der Waals surface area contributed by atoms with Gasteiger partial charge in [0.15, 0.2) is 5.78 Å². The summed E-state index contributed by atoms with van der Waals surface area (Å²) in [5, 5.41) is 0. The van der Waals surface area contributed by atoms with Crippen LogP contribution in [0.4, 0.5) is 0 Å². The van der Waals surface area contributed by atoms with Crippen LogP contribution < -0.4 is 0 Å². The molecule has 33 heavy (non-hydrogen) atoms. The molecule has 3 atom stereocenters. The predicted molar refractivity (Wildman–Crippen MR) is 125 cm³/mol. The van der Waals surface area contributed by atoms with Crippen molar-refractivity contribution in [2.45, 2.75) is 85.9 Å². The molecule has 0 bridgehead atoms. The van der Waals surface area contributed by atoms with Crippen molar-refractivity contribution in [3.05, 3.63) is 35.6 Å². The van der Waals surface area contributed by atoms with Gasteiger partial charge in [-0.1, -0.05) is 37.1 Å². The Morgan fingerprint density at radius 2 is 1.79 bits per heavy atom. The largest absolute Gasteiger partial charge is 0.466 e. The summed E-state index contributed by atoms with van der Waals surface area (Å²) in [5.74, 6) is -2.31. The van der Waals surface area contributed by atoms with Gasteiger partial charge in [-0.3, -0.25) is 14.4 Å². The van der Waals surface area contributed by atoms with E-state index >= 15 is 0 Å². The van der Waals surface area contributed by atoms with E-state index < -0.39 is 30.1 Å². The molecule has 1 aliphatic heterocycles. The highest BCUT2D eigenvalue weighted by atomic mass is 16.7. The van der Waals surface area contributed by atoms with E-state index in [1.165, 1.54) is 20.1 Å². The van der Waals surface area contributed by atoms with Crippen molar-refractivity contribution < 1.29 is 33.4 Å². The lowest BCUT2D eigenvalue weighted by Crippen LogP contribution is -2.41. The van der Waals surface area contributed by atoms with Crippen molar-refractivity contribution in [2.24, 2.45) is 11.8 Å². The lowest BCUT2D eigenvalue weighted by molar-refractivity contribution is -0.180. The van der Waals surface area contributed by atoms with Crippen LogP contribution in [0, 0.1) is 11.8 Å². The second-order valence-corrected chi connectivity index (χ2v) is 8.72. The molecule has 0 unspecified atom stereocenters. The lowest BCUT2D eigenvalue weighted by Gasteiger charge is -2.38. The Kier molecular flexibility index (Phi) is 12.4. The first-order valence-electron chi connectivity index (χ1n) is 11.6. The molecule has 1 aliphatic rings. The maximum atomic E-state index is 13.0. The topological polar surface area (TPSA) is 96.0 Å². The zero-order valence-electron chi connectivity index (χ0n) is 20.6. The number of rotatable bonds is 14. The zero-order chi connectivity index (χ0) is 25.0. The van der Waals surface area contributed by atoms with E-state index in [0.29, 0.717) is 37.0 Å². The van der Waals surface area contributed by atoms with Crippen molar-refractivity contribution >= 4 is 23.5 Å². The van der Waals surface area contributed by atoms with Crippen LogP contribution in [0.2, 0.25) is 0 Å². The van der Waals surface area contributed by atoms with E-state index in [1.54, 1.807) is 0 Å². The van der Waals surface area contributed by atoms with Gasteiger partial charge in [0, 0.05) is 31.3 Å². The number of hydrogen-bond acceptors (Lipinski definition) is 7. The molecule has 0 fully saturated rings. The van der Waals surface area contributed by atoms with E-state index in [-0.39, 0.29) is 24.4 Å². The number of carbonyl (C=O) groups excluding carboxylic acids is 4. The van der Waals surface area contributed by atoms with Crippen molar-refractivity contribution in [1.82, 2.24) is 0 Å². The van der Waals surface area contributed by atoms with Gasteiger partial charge in [0.1, 0.15) is 5.78 Å². The van der Waals surface area contributed by atoms with E-state index in [9.17, 15) is 19.2 Å². The fourth-order valence-electron chi connectivity index (χ4n) is 3.66. The fourth-order valence-corrected chi connectivity index (χ4v) is 3.66. The molecule has 0 aromatic heterocycles. The molecule has 0 aliphatic carbocycles. The summed E-state index contributed by atoms with van der Waals surface area (Å²) in [6.07, 6.45) is 5.27. The van der Waals surface area contributed by atoms with Gasteiger partial charge in [-0.25, -0.2) is 0 Å². The maximum absolute atomic E-state index is 13.0. The van der Waals surface area contributed by atoms with Crippen LogP contribution in [-0.4, -0.2) is 36.4 Å². The van der Waals surface area contributed by atoms with Crippen LogP contribution in [0.3, 0.4) is 0 Å². The molecule has 7 nitrogen and oxygen atoms in total. The van der Waals surface area contributed by atoms with Gasteiger partial charge in [-0.05, 0) is 40.0 Å². The summed E-state index contributed by atoms with van der Waals surface area (Å²) in [6, 6.07) is 0. The number of esters is 2. The predicted octanol–water partition coefficient (Wildman–Crippen LogP) is 5.00. The molecule has 1 rings (SSSR count). The van der Waals surface area contributed by atoms with Crippen molar-refractivity contribution in [3.63, 3.8) is 0 Å². The lowest BCUT2D eigenvalue weighted by atomic mass is 9.75. The highest BCUT2D eigenvalue weighted by Crippen LogP contribution is 2.40. The Bertz CT molecular complexity index is 786. The highest BCUT2D eigenvalue weighted by molar-refractivity contribution is 5.97. The SMILES string of the molecule is C=C(CCCC(C)=O)[C@@H]1[C@@H](OC(C)=O)OC=C(C(=O)CC=C(C)C)[C@H]1CC(=O)OCCCC. The first kappa shape index (κ1) is 28.3. The average Bonchev–Trinajstić information content (AvgIpc) is 2.71. The van der Waals surface area contributed by atoms with Crippen LogP contribution in [0.1, 0.15) is 79.6 Å². The Hall–Kier alpha value is -2.70. The second-order valence-electron chi connectivity index (χ2n) is 8.72. The standard InChI is InChI=1S/C26H38O7/c1-7-8-14-31-24(30)15-21-22(23(29)13-12-17(2)3)16-32-26(33-20(6)28)25(21)18(4)10-9-11-19(5)27/h12,16,21,25-26H,4,7-11,13-15H2,1-3,5-6H3/t21-,25+,26-/m1/s1. The molecule has 0 aromatic carbocycles. The highest BCUT2D eigenvalue weighted by Gasteiger charge is 2.43. The van der Waals surface area contributed by atoms with E-state index in [4.69, 9.17) is 14.2 Å². The molecule has 184 valence electrons. The molecule has 1 heterocycles. The van der Waals surface area contributed by atoms with E-state index in [0.717, 1.165) is 18.4 Å². The summed E-state index contributed by atoms with van der Waals surface area (Å²) in [7, 11) is 0. The van der Waals surface area contributed by atoms with Gasteiger partial charge in [-0.2, -0.15) is 0 Å². The summed E-state index contributed by atoms with van der Waals surface area (Å²) >= 11 is 0. The summed E-state index contributed by atoms with van der Waals surface area (Å²) in [6.45, 7) is 13.0. The third-order valence-electron chi connectivity index (χ3n) is 5.40. The first-order valence-corrected chi connectivity index (χ1v) is 11.6. The van der Waals surface area contributed by atoms with Gasteiger partial charge in [-0.15, -0.1) is 0 Å². The fraction of sp³-hybridized carbons (Fsp3) is 0.615. The van der Waals surface area contributed by atoms with Gasteiger partial charge < -0.3 is 19.0 Å². The molecular weight excluding hydrogens is 424 g/mol. The number of allylic oxidation sites excluding steroid dienone is 3. The summed E-state index contributed by atoms with van der Waals surface area (Å²) in [4.78, 5) is 48.7. The van der Waals surface area contributed by atoms with Crippen molar-refractivity contribution in [1.29, 1.82) is 0 Å². The number of unbranched alkanes of at least 4 members (excludes halogenated alkanes) is 1. The Morgan fingerprint density at radius 1 is 1.09 bits per heavy atom. The maximum Gasteiger partial charge on any atom is 0.306 e. The molecule has 0 amide bonds. The van der Waals surface area contributed by atoms with Crippen LogP contribution in [0.5, 0.6) is 0 Å². The summed E-state index contributed by atoms with van der Waals surface area (Å²) < 4.78 is 16.4. The number of ether oxygens (including phenoxy) is 3. The molecule has 0 saturated heterocycles. The minimum atomic E-state index is -1.01. The number of hydrogen-bond donors (Lipinski definition) is 0. The molecule has 0 N–H and O–H groups in total. The molecule has 0 aromatic rings. The molecule has 0 radical (unpaired) electrons. The van der Waals surface area contributed by atoms with Gasteiger partial charge >= 0.3 is 11.9 Å². The van der Waals surface area contributed by atoms with E-state index in [2.05, 4.69) is 6.58 Å². The number of Topliss-reactive ketones (excluding diaryl/α,β-unsaturated/α-hetero) is 2. The number of carbonyl (C=O) groups is 4. The van der Waals surface area contributed by atoms with Gasteiger partial charge in [0.25, 0.3) is 0 Å². The molecular formula is C26H38O7. The molecule has 7 heteroatoms. The first-order chi connectivity index (χ1) is 15.6. The monoisotopic (exact) mass is 462 g/mol. The summed E-state index contributed by atoms with van der Waals surface area (Å²) in [5.41, 5.74) is 2.01. The van der Waals surface area contributed by atoms with Crippen LogP contribution in [0.25, 0.3) is 0 Å². The van der Waals surface area contributed by atoms with Crippen molar-refractivity contribution in [2.75, 3.05) is 6.61 Å². The molecule has 0 saturated carbocycles. The smallest absolute Gasteiger partial charge is 0.306 e. The third kappa shape index (κ3) is 10.2. The van der Waals surface area contributed by atoms with Gasteiger partial charge in [0.2, 0.25) is 6.29 Å². The van der Waals surface area contributed by atoms with Crippen LogP contribution in [0.15, 0.2) is 35.6 Å². The Balaban J connectivity index is 3.26. The van der Waals surface area contributed by atoms with E-state index in [1.807, 2.05) is 26.8 Å². The Labute approximate surface area is 197 Å². The number of ketones is 2. The Morgan fingerprint density at radius 3 is 2.36 bits per heavy atom. The van der Waals surface area contributed by atoms with Gasteiger partial charge in [0.05, 0.1) is 25.2 Å². The van der Waals surface area contributed by atoms with Crippen LogP contribution >= 0.6 is 0 Å². The molecule has 0 spiro atoms. The zero-order valence-corrected chi connectivity index (χ0v) is 20.6. The minimum absolute atomic E-state index is 0.0619. The normalized spacial score (nSPS) is 19.5. The quantitative estimate of drug-likeness (QED) is 0.204. The minimum Gasteiger partial charge on any atom is -0.466 e. The second kappa shape index (κ2) is 14.4. The van der Waals surface area contributed by atoms with Crippen LogP contribution in [-0.2, 0) is 33.4 Å². The van der Waals surface area contributed by atoms with Crippen molar-refractivity contribution in [3.8, 4) is 0 Å². The third-order valence-corrected chi connectivity index (χ3v) is 5.40.